The topological polar surface area (TPSA) is 0 Å². The van der Waals surface area contributed by atoms with Crippen molar-refractivity contribution in [2.45, 2.75) is 80.6 Å². The lowest BCUT2D eigenvalue weighted by Crippen LogP contribution is -2.25. The van der Waals surface area contributed by atoms with Crippen LogP contribution in [0.25, 0.3) is 0 Å². The van der Waals surface area contributed by atoms with E-state index >= 15 is 0 Å². The molecule has 100 valence electrons. The summed E-state index contributed by atoms with van der Waals surface area (Å²) in [4.78, 5) is 0. The molecule has 0 fully saturated rings. The van der Waals surface area contributed by atoms with Crippen LogP contribution in [0.4, 0.5) is 0 Å². The van der Waals surface area contributed by atoms with Crippen molar-refractivity contribution in [3.8, 4) is 0 Å². The van der Waals surface area contributed by atoms with Gasteiger partial charge >= 0.3 is 0 Å². The summed E-state index contributed by atoms with van der Waals surface area (Å²) in [7, 11) is 0. The van der Waals surface area contributed by atoms with Crippen molar-refractivity contribution in [1.29, 1.82) is 0 Å². The smallest absolute Gasteiger partial charge is 0.0170 e. The van der Waals surface area contributed by atoms with Crippen molar-refractivity contribution in [2.75, 3.05) is 0 Å². The first kappa shape index (κ1) is 14.8. The monoisotopic (exact) mass is 236 g/mol. The molecule has 0 aliphatic heterocycles. The molecule has 0 bridgehead atoms. The highest BCUT2D eigenvalue weighted by molar-refractivity contribution is 5.27. The number of allylic oxidation sites excluding steroid dienone is 2. The molecular weight excluding hydrogens is 204 g/mol. The van der Waals surface area contributed by atoms with Gasteiger partial charge in [-0.15, -0.1) is 0 Å². The van der Waals surface area contributed by atoms with Gasteiger partial charge < -0.3 is 0 Å². The molecule has 1 atom stereocenters. The molecule has 0 aromatic heterocycles. The number of rotatable bonds is 2. The second kappa shape index (κ2) is 5.16. The van der Waals surface area contributed by atoms with E-state index in [2.05, 4.69) is 48.5 Å². The average molecular weight is 236 g/mol. The maximum atomic E-state index is 2.39. The Kier molecular flexibility index (Phi) is 4.49. The van der Waals surface area contributed by atoms with E-state index in [0.29, 0.717) is 10.8 Å². The Morgan fingerprint density at radius 3 is 1.88 bits per heavy atom. The van der Waals surface area contributed by atoms with Gasteiger partial charge in [-0.3, -0.25) is 0 Å². The van der Waals surface area contributed by atoms with Gasteiger partial charge in [0.2, 0.25) is 0 Å². The molecular formula is C17H32. The highest BCUT2D eigenvalue weighted by atomic mass is 14.4. The Morgan fingerprint density at radius 2 is 1.47 bits per heavy atom. The van der Waals surface area contributed by atoms with E-state index in [0.717, 1.165) is 5.92 Å². The van der Waals surface area contributed by atoms with Gasteiger partial charge in [0, 0.05) is 0 Å². The third-order valence-corrected chi connectivity index (χ3v) is 4.17. The van der Waals surface area contributed by atoms with Crippen LogP contribution >= 0.6 is 0 Å². The SMILES string of the molecule is CCCC1CCC(C(C)(C)C)=C(C(C)(C)C)C1. The fourth-order valence-electron chi connectivity index (χ4n) is 3.25. The fraction of sp³-hybridized carbons (Fsp3) is 0.882. The molecule has 1 aliphatic rings. The van der Waals surface area contributed by atoms with Gasteiger partial charge in [-0.1, -0.05) is 72.5 Å². The summed E-state index contributed by atoms with van der Waals surface area (Å²) in [6.45, 7) is 16.6. The summed E-state index contributed by atoms with van der Waals surface area (Å²) in [6.07, 6.45) is 6.86. The molecule has 1 unspecified atom stereocenters. The molecule has 0 spiro atoms. The van der Waals surface area contributed by atoms with Crippen molar-refractivity contribution < 1.29 is 0 Å². The lowest BCUT2D eigenvalue weighted by molar-refractivity contribution is 0.325. The minimum absolute atomic E-state index is 0.356. The molecule has 1 rings (SSSR count). The number of hydrogen-bond acceptors (Lipinski definition) is 0. The Bertz CT molecular complexity index is 280. The largest absolute Gasteiger partial charge is 0.0654 e. The average Bonchev–Trinajstić information content (AvgIpc) is 2.15. The van der Waals surface area contributed by atoms with Crippen LogP contribution in [0, 0.1) is 16.7 Å². The van der Waals surface area contributed by atoms with E-state index in [-0.39, 0.29) is 0 Å². The molecule has 0 amide bonds. The van der Waals surface area contributed by atoms with Crippen LogP contribution in [0.3, 0.4) is 0 Å². The third-order valence-electron chi connectivity index (χ3n) is 4.17. The third kappa shape index (κ3) is 3.86. The number of hydrogen-bond donors (Lipinski definition) is 0. The molecule has 0 radical (unpaired) electrons. The van der Waals surface area contributed by atoms with Crippen LogP contribution in [0.5, 0.6) is 0 Å². The highest BCUT2D eigenvalue weighted by Crippen LogP contribution is 2.46. The fourth-order valence-corrected chi connectivity index (χ4v) is 3.25. The normalized spacial score (nSPS) is 23.1. The van der Waals surface area contributed by atoms with Gasteiger partial charge in [0.25, 0.3) is 0 Å². The van der Waals surface area contributed by atoms with Crippen LogP contribution in [0.15, 0.2) is 11.1 Å². The van der Waals surface area contributed by atoms with Crippen molar-refractivity contribution in [2.24, 2.45) is 16.7 Å². The first-order valence-electron chi connectivity index (χ1n) is 7.39. The van der Waals surface area contributed by atoms with Crippen LogP contribution < -0.4 is 0 Å². The minimum Gasteiger partial charge on any atom is -0.0654 e. The Labute approximate surface area is 109 Å². The molecule has 0 aromatic carbocycles. The second-order valence-electron chi connectivity index (χ2n) is 7.85. The quantitative estimate of drug-likeness (QED) is 0.518. The summed E-state index contributed by atoms with van der Waals surface area (Å²) in [6, 6.07) is 0. The molecule has 0 heterocycles. The van der Waals surface area contributed by atoms with E-state index in [1.807, 2.05) is 0 Å². The van der Waals surface area contributed by atoms with Gasteiger partial charge in [-0.25, -0.2) is 0 Å². The second-order valence-corrected chi connectivity index (χ2v) is 7.85. The Hall–Kier alpha value is -0.260. The molecule has 1 aliphatic carbocycles. The van der Waals surface area contributed by atoms with Gasteiger partial charge in [-0.05, 0) is 36.0 Å². The zero-order chi connectivity index (χ0) is 13.3. The van der Waals surface area contributed by atoms with Crippen LogP contribution in [0.2, 0.25) is 0 Å². The van der Waals surface area contributed by atoms with Crippen molar-refractivity contribution >= 4 is 0 Å². The van der Waals surface area contributed by atoms with E-state index in [4.69, 9.17) is 0 Å². The van der Waals surface area contributed by atoms with Crippen LogP contribution in [0.1, 0.15) is 80.6 Å². The predicted octanol–water partition coefficient (Wildman–Crippen LogP) is 5.98. The summed E-state index contributed by atoms with van der Waals surface area (Å²) in [5.74, 6) is 0.945. The van der Waals surface area contributed by atoms with Crippen molar-refractivity contribution in [3.05, 3.63) is 11.1 Å². The van der Waals surface area contributed by atoms with E-state index in [1.54, 1.807) is 11.1 Å². The summed E-state index contributed by atoms with van der Waals surface area (Å²) >= 11 is 0. The van der Waals surface area contributed by atoms with E-state index < -0.39 is 0 Å². The molecule has 0 saturated carbocycles. The van der Waals surface area contributed by atoms with E-state index in [9.17, 15) is 0 Å². The van der Waals surface area contributed by atoms with Gasteiger partial charge in [0.15, 0.2) is 0 Å². The van der Waals surface area contributed by atoms with Gasteiger partial charge in [-0.2, -0.15) is 0 Å². The van der Waals surface area contributed by atoms with Gasteiger partial charge in [0.1, 0.15) is 0 Å². The van der Waals surface area contributed by atoms with E-state index in [1.165, 1.54) is 32.1 Å². The maximum absolute atomic E-state index is 2.39. The molecule has 0 N–H and O–H groups in total. The van der Waals surface area contributed by atoms with Gasteiger partial charge in [0.05, 0.1) is 0 Å². The first-order valence-corrected chi connectivity index (χ1v) is 7.39. The molecule has 0 saturated heterocycles. The highest BCUT2D eigenvalue weighted by Gasteiger charge is 2.32. The molecule has 0 aromatic rings. The van der Waals surface area contributed by atoms with Crippen molar-refractivity contribution in [1.82, 2.24) is 0 Å². The predicted molar refractivity (Wildman–Crippen MR) is 78.2 cm³/mol. The maximum Gasteiger partial charge on any atom is -0.0170 e. The van der Waals surface area contributed by atoms with Crippen molar-refractivity contribution in [3.63, 3.8) is 0 Å². The molecule has 0 nitrogen and oxygen atoms in total. The molecule has 0 heteroatoms. The van der Waals surface area contributed by atoms with Crippen LogP contribution in [-0.2, 0) is 0 Å². The lowest BCUT2D eigenvalue weighted by Gasteiger charge is -2.39. The van der Waals surface area contributed by atoms with Crippen LogP contribution in [-0.4, -0.2) is 0 Å². The summed E-state index contributed by atoms with van der Waals surface area (Å²) in [5.41, 5.74) is 4.22. The summed E-state index contributed by atoms with van der Waals surface area (Å²) < 4.78 is 0. The Morgan fingerprint density at radius 1 is 0.941 bits per heavy atom. The summed E-state index contributed by atoms with van der Waals surface area (Å²) in [5, 5.41) is 0. The standard InChI is InChI=1S/C17H32/c1-8-9-13-10-11-14(16(2,3)4)15(12-13)17(5,6)7/h13H,8-12H2,1-7H3. The minimum atomic E-state index is 0.356. The zero-order valence-electron chi connectivity index (χ0n) is 13.1. The first-order chi connectivity index (χ1) is 7.66. The zero-order valence-corrected chi connectivity index (χ0v) is 13.1. The lowest BCUT2D eigenvalue weighted by atomic mass is 9.66. The Balaban J connectivity index is 3.03. The molecule has 17 heavy (non-hydrogen) atoms.